The summed E-state index contributed by atoms with van der Waals surface area (Å²) in [6, 6.07) is 18.1. The van der Waals surface area contributed by atoms with Crippen molar-refractivity contribution in [2.45, 2.75) is 41.9 Å². The molecule has 0 fully saturated rings. The molecule has 0 atom stereocenters. The first-order valence-corrected chi connectivity index (χ1v) is 23.0. The van der Waals surface area contributed by atoms with Gasteiger partial charge in [0.2, 0.25) is 0 Å². The van der Waals surface area contributed by atoms with Crippen molar-refractivity contribution in [1.29, 1.82) is 0 Å². The van der Waals surface area contributed by atoms with Gasteiger partial charge in [0.1, 0.15) is 23.1 Å². The molecule has 24 heteroatoms. The summed E-state index contributed by atoms with van der Waals surface area (Å²) in [6.07, 6.45) is -10.2. The van der Waals surface area contributed by atoms with Gasteiger partial charge < -0.3 is 19.7 Å². The number of anilines is 4. The van der Waals surface area contributed by atoms with E-state index in [0.717, 1.165) is 58.9 Å². The fourth-order valence-corrected chi connectivity index (χ4v) is 11.0. The maximum Gasteiger partial charge on any atom is 0.416 e. The Bertz CT molecular complexity index is 3170. The van der Waals surface area contributed by atoms with Gasteiger partial charge in [-0.05, 0) is 107 Å². The summed E-state index contributed by atoms with van der Waals surface area (Å²) in [7, 11) is -9.73. The number of hydrogen-bond donors (Lipinski definition) is 1. The molecule has 0 saturated heterocycles. The van der Waals surface area contributed by atoms with Crippen LogP contribution in [0, 0.1) is 11.6 Å². The number of benzene rings is 6. The Balaban J connectivity index is 1.17. The molecule has 364 valence electrons. The van der Waals surface area contributed by atoms with Crippen molar-refractivity contribution in [3.63, 3.8) is 0 Å². The quantitative estimate of drug-likeness (QED) is 0.121. The van der Waals surface area contributed by atoms with Gasteiger partial charge in [0.25, 0.3) is 20.0 Å². The summed E-state index contributed by atoms with van der Waals surface area (Å²) in [5.74, 6) is -3.15. The first kappa shape index (κ1) is 48.6. The normalized spacial score (nSPS) is 14.4. The van der Waals surface area contributed by atoms with E-state index in [1.54, 1.807) is 0 Å². The standard InChI is InChI=1S/C45H32F12N4O6S2/c46-31-14-28(16-33(21-31)66-42(48)49)25-5-8-38-40(18-25)60(11-10-58-38)69(64,65)36-7-4-27(37(23-36)45(55,56)57)24-59-12-13-61(68(62,63)35-3-1-2-30(20-35)44(52,53)54)41-19-26(6-9-39(41)59)29-15-32(47)22-34(17-29)67-43(50)51/h1-9,14-23,42-43,58H,10-13,24H2. The van der Waals surface area contributed by atoms with Crippen LogP contribution in [0.25, 0.3) is 22.3 Å². The Morgan fingerprint density at radius 3 is 1.70 bits per heavy atom. The lowest BCUT2D eigenvalue weighted by molar-refractivity contribution is -0.138. The molecule has 0 aromatic heterocycles. The van der Waals surface area contributed by atoms with Gasteiger partial charge in [-0.25, -0.2) is 25.6 Å². The van der Waals surface area contributed by atoms with Crippen molar-refractivity contribution < 1.29 is 79.0 Å². The van der Waals surface area contributed by atoms with Crippen molar-refractivity contribution in [3.05, 3.63) is 144 Å². The zero-order chi connectivity index (χ0) is 49.8. The number of sulfonamides is 2. The smallest absolute Gasteiger partial charge is 0.416 e. The highest BCUT2D eigenvalue weighted by Crippen LogP contribution is 2.44. The molecule has 2 aliphatic rings. The molecular weight excluding hydrogens is 985 g/mol. The van der Waals surface area contributed by atoms with Crippen LogP contribution >= 0.6 is 0 Å². The molecule has 69 heavy (non-hydrogen) atoms. The van der Waals surface area contributed by atoms with Crippen molar-refractivity contribution >= 4 is 42.8 Å². The molecule has 6 aromatic carbocycles. The second-order valence-corrected chi connectivity index (χ2v) is 19.1. The third-order valence-electron chi connectivity index (χ3n) is 11.0. The van der Waals surface area contributed by atoms with Crippen molar-refractivity contribution in [1.82, 2.24) is 0 Å². The summed E-state index contributed by atoms with van der Waals surface area (Å²) < 4.78 is 235. The number of nitrogens with one attached hydrogen (secondary N) is 1. The van der Waals surface area contributed by atoms with Crippen molar-refractivity contribution in [2.75, 3.05) is 45.0 Å². The minimum Gasteiger partial charge on any atom is -0.435 e. The second-order valence-electron chi connectivity index (χ2n) is 15.4. The number of halogens is 12. The van der Waals surface area contributed by atoms with Gasteiger partial charge in [-0.3, -0.25) is 8.61 Å². The lowest BCUT2D eigenvalue weighted by atomic mass is 10.0. The van der Waals surface area contributed by atoms with Gasteiger partial charge >= 0.3 is 25.6 Å². The van der Waals surface area contributed by atoms with Crippen LogP contribution in [0.3, 0.4) is 0 Å². The van der Waals surface area contributed by atoms with Gasteiger partial charge in [0.15, 0.2) is 0 Å². The molecule has 2 aliphatic heterocycles. The Morgan fingerprint density at radius 1 is 0.551 bits per heavy atom. The van der Waals surface area contributed by atoms with Crippen LogP contribution in [0.1, 0.15) is 16.7 Å². The van der Waals surface area contributed by atoms with E-state index in [2.05, 4.69) is 14.8 Å². The average Bonchev–Trinajstić information content (AvgIpc) is 3.27. The fourth-order valence-electron chi connectivity index (χ4n) is 7.98. The van der Waals surface area contributed by atoms with Gasteiger partial charge in [-0.1, -0.05) is 24.3 Å². The van der Waals surface area contributed by atoms with E-state index in [1.807, 2.05) is 0 Å². The lowest BCUT2D eigenvalue weighted by Crippen LogP contribution is -2.44. The molecule has 0 unspecified atom stereocenters. The summed E-state index contributed by atoms with van der Waals surface area (Å²) in [5, 5.41) is 2.97. The Labute approximate surface area is 385 Å². The van der Waals surface area contributed by atoms with Crippen LogP contribution in [0.5, 0.6) is 11.5 Å². The molecule has 0 amide bonds. The third-order valence-corrected chi connectivity index (χ3v) is 14.6. The van der Waals surface area contributed by atoms with Crippen molar-refractivity contribution in [3.8, 4) is 33.8 Å². The first-order chi connectivity index (χ1) is 32.4. The first-order valence-electron chi connectivity index (χ1n) is 20.1. The van der Waals surface area contributed by atoms with E-state index in [1.165, 1.54) is 35.2 Å². The number of hydrogen-bond acceptors (Lipinski definition) is 8. The maximum atomic E-state index is 15.1. The van der Waals surface area contributed by atoms with Crippen LogP contribution in [0.15, 0.2) is 125 Å². The van der Waals surface area contributed by atoms with Gasteiger partial charge in [0, 0.05) is 31.8 Å². The Kier molecular flexibility index (Phi) is 12.9. The Morgan fingerprint density at radius 2 is 1.12 bits per heavy atom. The van der Waals surface area contributed by atoms with Gasteiger partial charge in [-0.2, -0.15) is 43.9 Å². The molecule has 1 N–H and O–H groups in total. The number of rotatable bonds is 12. The van der Waals surface area contributed by atoms with Gasteiger partial charge in [0.05, 0.1) is 56.8 Å². The molecule has 6 aromatic rings. The molecule has 0 spiro atoms. The van der Waals surface area contributed by atoms with Crippen LogP contribution in [-0.4, -0.2) is 56.2 Å². The SMILES string of the molecule is O=S(=O)(c1ccc(CN2CCN(S(=O)(=O)c3cccc(C(F)(F)F)c3)c3cc(-c4cc(F)cc(OC(F)F)c4)ccc32)c(C(F)(F)F)c1)N1CCNc2ccc(-c3cc(F)cc(OC(F)F)c3)cc21. The highest BCUT2D eigenvalue weighted by atomic mass is 32.2. The van der Waals surface area contributed by atoms with E-state index in [9.17, 15) is 56.3 Å². The van der Waals surface area contributed by atoms with Crippen LogP contribution in [-0.2, 0) is 38.9 Å². The van der Waals surface area contributed by atoms with Crippen molar-refractivity contribution in [2.24, 2.45) is 0 Å². The minimum atomic E-state index is -5.21. The maximum absolute atomic E-state index is 15.1. The lowest BCUT2D eigenvalue weighted by Gasteiger charge is -2.39. The third kappa shape index (κ3) is 10.2. The van der Waals surface area contributed by atoms with Crippen LogP contribution < -0.4 is 28.3 Å². The molecule has 8 rings (SSSR count). The monoisotopic (exact) mass is 1020 g/mol. The average molecular weight is 1020 g/mol. The zero-order valence-corrected chi connectivity index (χ0v) is 36.4. The van der Waals surface area contributed by atoms with E-state index in [-0.39, 0.29) is 64.6 Å². The number of fused-ring (bicyclic) bond motifs is 2. The summed E-state index contributed by atoms with van der Waals surface area (Å²) in [6.45, 7) is -8.56. The zero-order valence-electron chi connectivity index (χ0n) is 34.8. The number of alkyl halides is 10. The fraction of sp³-hybridized carbons (Fsp3) is 0.200. The van der Waals surface area contributed by atoms with E-state index < -0.39 is 108 Å². The summed E-state index contributed by atoms with van der Waals surface area (Å²) in [4.78, 5) is -0.310. The molecule has 0 aliphatic carbocycles. The molecule has 10 nitrogen and oxygen atoms in total. The molecule has 0 radical (unpaired) electrons. The predicted molar refractivity (Wildman–Crippen MR) is 228 cm³/mol. The van der Waals surface area contributed by atoms with E-state index >= 15 is 13.2 Å². The minimum absolute atomic E-state index is 0.00255. The van der Waals surface area contributed by atoms with E-state index in [0.29, 0.717) is 34.6 Å². The molecular formula is C45H32F12N4O6S2. The highest BCUT2D eigenvalue weighted by molar-refractivity contribution is 7.93. The Hall–Kier alpha value is -6.82. The van der Waals surface area contributed by atoms with Crippen LogP contribution in [0.2, 0.25) is 0 Å². The number of nitrogens with zero attached hydrogens (tertiary/aromatic N) is 3. The second kappa shape index (κ2) is 18.3. The summed E-state index contributed by atoms with van der Waals surface area (Å²) in [5.41, 5.74) is -3.46. The largest absolute Gasteiger partial charge is 0.435 e. The summed E-state index contributed by atoms with van der Waals surface area (Å²) >= 11 is 0. The topological polar surface area (TPSA) is 108 Å². The number of ether oxygens (including phenoxy) is 2. The highest BCUT2D eigenvalue weighted by Gasteiger charge is 2.40. The van der Waals surface area contributed by atoms with Crippen LogP contribution in [0.4, 0.5) is 75.4 Å². The molecule has 2 heterocycles. The molecule has 0 bridgehead atoms. The molecule has 0 saturated carbocycles. The van der Waals surface area contributed by atoms with E-state index in [4.69, 9.17) is 0 Å². The van der Waals surface area contributed by atoms with Gasteiger partial charge in [-0.15, -0.1) is 0 Å². The predicted octanol–water partition coefficient (Wildman–Crippen LogP) is 11.4.